The van der Waals surface area contributed by atoms with Crippen molar-refractivity contribution >= 4 is 23.8 Å². The minimum absolute atomic E-state index is 0.0849. The average molecular weight is 618 g/mol. The quantitative estimate of drug-likeness (QED) is 0.366. The number of hydrogen-bond donors (Lipinski definition) is 2. The predicted molar refractivity (Wildman–Crippen MR) is 166 cm³/mol. The van der Waals surface area contributed by atoms with E-state index in [9.17, 15) is 24.2 Å². The number of hydrogen-bond acceptors (Lipinski definition) is 9. The van der Waals surface area contributed by atoms with Crippen molar-refractivity contribution in [2.45, 2.75) is 58.3 Å². The Balaban J connectivity index is 1.53. The number of β-amino-alcohol motifs (C(OH)–C–C–N with tert-alkyl or cyclic N) is 1. The number of anilines is 1. The standard InChI is InChI=1S/C33H48FN3O7/c1-23-4-6-29(39)22-31(40)44-32(25(3)18-26-19-27(34)21-28(20-26)36-13-16-42-17-14-36)24(2)5-7-30(23)43-33(41)37-10-8-35(9-11-37)12-15-38/h5,7,18-21,23-24,29-30,32,38-39H,4,6,8-17,22H2,1-3H3/b7-5-,25-18+/t23-,24-,29+,30-,32-/m0/s1. The van der Waals surface area contributed by atoms with Gasteiger partial charge in [-0.1, -0.05) is 26.0 Å². The van der Waals surface area contributed by atoms with Gasteiger partial charge in [0, 0.05) is 57.4 Å². The first-order valence-corrected chi connectivity index (χ1v) is 15.8. The summed E-state index contributed by atoms with van der Waals surface area (Å²) < 4.78 is 32.0. The Morgan fingerprint density at radius 2 is 1.80 bits per heavy atom. The van der Waals surface area contributed by atoms with Gasteiger partial charge in [-0.25, -0.2) is 9.18 Å². The first-order chi connectivity index (χ1) is 21.1. The van der Waals surface area contributed by atoms with E-state index in [0.29, 0.717) is 77.4 Å². The zero-order chi connectivity index (χ0) is 31.6. The average Bonchev–Trinajstić information content (AvgIpc) is 3.00. The van der Waals surface area contributed by atoms with Crippen LogP contribution in [0.4, 0.5) is 14.9 Å². The topological polar surface area (TPSA) is 112 Å². The van der Waals surface area contributed by atoms with E-state index < -0.39 is 30.4 Å². The minimum Gasteiger partial charge on any atom is -0.457 e. The van der Waals surface area contributed by atoms with E-state index in [2.05, 4.69) is 9.80 Å². The van der Waals surface area contributed by atoms with Gasteiger partial charge >= 0.3 is 12.1 Å². The van der Waals surface area contributed by atoms with Gasteiger partial charge in [-0.3, -0.25) is 9.69 Å². The number of nitrogens with zero attached hydrogens (tertiary/aromatic N) is 3. The summed E-state index contributed by atoms with van der Waals surface area (Å²) in [6, 6.07) is 4.88. The highest BCUT2D eigenvalue weighted by Gasteiger charge is 2.29. The summed E-state index contributed by atoms with van der Waals surface area (Å²) in [5.74, 6) is -1.24. The first kappa shape index (κ1) is 33.9. The third-order valence-corrected chi connectivity index (χ3v) is 8.67. The fourth-order valence-electron chi connectivity index (χ4n) is 5.96. The third kappa shape index (κ3) is 9.76. The van der Waals surface area contributed by atoms with Crippen LogP contribution in [-0.4, -0.2) is 116 Å². The van der Waals surface area contributed by atoms with Crippen LogP contribution in [0.3, 0.4) is 0 Å². The lowest BCUT2D eigenvalue weighted by Gasteiger charge is -2.35. The van der Waals surface area contributed by atoms with Crippen molar-refractivity contribution in [2.24, 2.45) is 11.8 Å². The van der Waals surface area contributed by atoms with Crippen LogP contribution in [0.25, 0.3) is 6.08 Å². The maximum atomic E-state index is 14.7. The van der Waals surface area contributed by atoms with Crippen LogP contribution in [0.2, 0.25) is 0 Å². The number of esters is 1. The number of benzene rings is 1. The van der Waals surface area contributed by atoms with E-state index in [1.54, 1.807) is 4.90 Å². The van der Waals surface area contributed by atoms with Crippen molar-refractivity contribution in [3.63, 3.8) is 0 Å². The number of cyclic esters (lactones) is 1. The van der Waals surface area contributed by atoms with Crippen LogP contribution >= 0.6 is 0 Å². The molecule has 0 aromatic heterocycles. The van der Waals surface area contributed by atoms with Gasteiger partial charge in [0.2, 0.25) is 0 Å². The molecule has 0 saturated carbocycles. The van der Waals surface area contributed by atoms with Crippen molar-refractivity contribution in [1.82, 2.24) is 9.80 Å². The second kappa shape index (κ2) is 16.4. The van der Waals surface area contributed by atoms with Crippen LogP contribution in [0.1, 0.15) is 45.6 Å². The Labute approximate surface area is 260 Å². The highest BCUT2D eigenvalue weighted by atomic mass is 19.1. The van der Waals surface area contributed by atoms with E-state index >= 15 is 0 Å². The minimum atomic E-state index is -0.885. The molecule has 11 heteroatoms. The normalized spacial score (nSPS) is 28.9. The lowest BCUT2D eigenvalue weighted by Crippen LogP contribution is -2.50. The van der Waals surface area contributed by atoms with Gasteiger partial charge in [-0.15, -0.1) is 0 Å². The maximum Gasteiger partial charge on any atom is 0.410 e. The Morgan fingerprint density at radius 3 is 2.50 bits per heavy atom. The van der Waals surface area contributed by atoms with E-state index in [4.69, 9.17) is 14.2 Å². The number of morpholine rings is 1. The van der Waals surface area contributed by atoms with Crippen LogP contribution in [0.15, 0.2) is 35.9 Å². The Bertz CT molecular complexity index is 1160. The Hall–Kier alpha value is -2.99. The monoisotopic (exact) mass is 617 g/mol. The summed E-state index contributed by atoms with van der Waals surface area (Å²) in [5, 5.41) is 19.8. The fraction of sp³-hybridized carbons (Fsp3) is 0.636. The smallest absolute Gasteiger partial charge is 0.410 e. The molecule has 1 aromatic carbocycles. The Kier molecular flexibility index (Phi) is 12.6. The number of piperazine rings is 1. The molecule has 0 spiro atoms. The second-order valence-corrected chi connectivity index (χ2v) is 12.2. The Morgan fingerprint density at radius 1 is 1.07 bits per heavy atom. The molecular weight excluding hydrogens is 569 g/mol. The van der Waals surface area contributed by atoms with Crippen LogP contribution in [-0.2, 0) is 19.0 Å². The molecular formula is C33H48FN3O7. The van der Waals surface area contributed by atoms with Crippen molar-refractivity contribution in [3.8, 4) is 0 Å². The van der Waals surface area contributed by atoms with Gasteiger partial charge < -0.3 is 34.2 Å². The van der Waals surface area contributed by atoms with Crippen molar-refractivity contribution < 1.29 is 38.4 Å². The van der Waals surface area contributed by atoms with Crippen molar-refractivity contribution in [3.05, 3.63) is 47.3 Å². The number of aliphatic hydroxyl groups is 2. The molecule has 2 fully saturated rings. The van der Waals surface area contributed by atoms with Crippen LogP contribution < -0.4 is 4.90 Å². The molecule has 0 unspecified atom stereocenters. The van der Waals surface area contributed by atoms with E-state index in [1.807, 2.05) is 45.1 Å². The summed E-state index contributed by atoms with van der Waals surface area (Å²) in [4.78, 5) is 31.9. The predicted octanol–water partition coefficient (Wildman–Crippen LogP) is 3.47. The summed E-state index contributed by atoms with van der Waals surface area (Å²) in [6.45, 7) is 11.3. The third-order valence-electron chi connectivity index (χ3n) is 8.67. The number of ether oxygens (including phenoxy) is 3. The maximum absolute atomic E-state index is 14.7. The molecule has 3 aliphatic rings. The molecule has 3 heterocycles. The molecule has 0 radical (unpaired) electrons. The summed E-state index contributed by atoms with van der Waals surface area (Å²) in [6.07, 6.45) is 3.88. The highest BCUT2D eigenvalue weighted by molar-refractivity contribution is 5.71. The highest BCUT2D eigenvalue weighted by Crippen LogP contribution is 2.27. The summed E-state index contributed by atoms with van der Waals surface area (Å²) in [7, 11) is 0. The molecule has 0 aliphatic carbocycles. The molecule has 2 saturated heterocycles. The zero-order valence-corrected chi connectivity index (χ0v) is 26.2. The molecule has 1 aromatic rings. The summed E-state index contributed by atoms with van der Waals surface area (Å²) in [5.41, 5.74) is 2.15. The van der Waals surface area contributed by atoms with Gasteiger partial charge in [0.15, 0.2) is 0 Å². The second-order valence-electron chi connectivity index (χ2n) is 12.2. The SMILES string of the molecule is C/C(=C\c1cc(F)cc(N2CCOCC2)c1)[C@H]1OC(=O)C[C@H](O)CC[C@H](C)[C@@H](OC(=O)N2CCN(CCO)CC2)/C=C\[C@@H]1C. The van der Waals surface area contributed by atoms with Crippen molar-refractivity contribution in [1.29, 1.82) is 0 Å². The number of carbonyl (C=O) groups is 2. The molecule has 3 aliphatic heterocycles. The molecule has 5 atom stereocenters. The van der Waals surface area contributed by atoms with Crippen LogP contribution in [0.5, 0.6) is 0 Å². The van der Waals surface area contributed by atoms with Gasteiger partial charge in [0.25, 0.3) is 0 Å². The molecule has 44 heavy (non-hydrogen) atoms. The first-order valence-electron chi connectivity index (χ1n) is 15.8. The molecule has 4 rings (SSSR count). The van der Waals surface area contributed by atoms with Crippen molar-refractivity contribution in [2.75, 3.05) is 70.5 Å². The largest absolute Gasteiger partial charge is 0.457 e. The van der Waals surface area contributed by atoms with Gasteiger partial charge in [-0.05, 0) is 61.1 Å². The number of rotatable bonds is 6. The summed E-state index contributed by atoms with van der Waals surface area (Å²) >= 11 is 0. The lowest BCUT2D eigenvalue weighted by atomic mass is 9.91. The zero-order valence-electron chi connectivity index (χ0n) is 26.2. The molecule has 2 N–H and O–H groups in total. The molecule has 10 nitrogen and oxygen atoms in total. The van der Waals surface area contributed by atoms with Gasteiger partial charge in [0.1, 0.15) is 18.0 Å². The fourth-order valence-corrected chi connectivity index (χ4v) is 5.96. The van der Waals surface area contributed by atoms with E-state index in [0.717, 1.165) is 11.3 Å². The number of amides is 1. The van der Waals surface area contributed by atoms with E-state index in [-0.39, 0.29) is 30.7 Å². The molecule has 244 valence electrons. The van der Waals surface area contributed by atoms with Crippen LogP contribution in [0, 0.1) is 17.7 Å². The number of aliphatic hydroxyl groups excluding tert-OH is 2. The van der Waals surface area contributed by atoms with E-state index in [1.165, 1.54) is 12.1 Å². The number of carbonyl (C=O) groups excluding carboxylic acids is 2. The number of halogens is 1. The van der Waals surface area contributed by atoms with Gasteiger partial charge in [-0.2, -0.15) is 0 Å². The molecule has 0 bridgehead atoms. The lowest BCUT2D eigenvalue weighted by molar-refractivity contribution is -0.151. The molecule has 1 amide bonds. The van der Waals surface area contributed by atoms with Gasteiger partial charge in [0.05, 0.1) is 32.3 Å².